The molecule has 0 spiro atoms. The van der Waals surface area contributed by atoms with Gasteiger partial charge in [0.05, 0.1) is 0 Å². The van der Waals surface area contributed by atoms with Gasteiger partial charge in [-0.15, -0.1) is 0 Å². The molecule has 0 N–H and O–H groups in total. The second-order valence-electron chi connectivity index (χ2n) is 5.69. The van der Waals surface area contributed by atoms with E-state index in [4.69, 9.17) is 11.6 Å². The SMILES string of the molecule is O=C(c1cccc(Cl)c1)N1CCN(C(=O)c2c(F)cccc2F)CC1. The first kappa shape index (κ1) is 17.4. The van der Waals surface area contributed by atoms with Crippen molar-refractivity contribution in [2.75, 3.05) is 26.2 Å². The van der Waals surface area contributed by atoms with Gasteiger partial charge in [-0.2, -0.15) is 0 Å². The summed E-state index contributed by atoms with van der Waals surface area (Å²) in [7, 11) is 0. The van der Waals surface area contributed by atoms with Crippen molar-refractivity contribution in [3.8, 4) is 0 Å². The summed E-state index contributed by atoms with van der Waals surface area (Å²) in [5.74, 6) is -2.66. The Labute approximate surface area is 148 Å². The van der Waals surface area contributed by atoms with E-state index in [1.54, 1.807) is 29.2 Å². The summed E-state index contributed by atoms with van der Waals surface area (Å²) in [6, 6.07) is 9.93. The summed E-state index contributed by atoms with van der Waals surface area (Å²) in [5.41, 5.74) is -0.0930. The minimum absolute atomic E-state index is 0.188. The summed E-state index contributed by atoms with van der Waals surface area (Å²) in [6.07, 6.45) is 0. The number of nitrogens with zero attached hydrogens (tertiary/aromatic N) is 2. The molecule has 2 aromatic carbocycles. The van der Waals surface area contributed by atoms with E-state index in [1.165, 1.54) is 11.0 Å². The quantitative estimate of drug-likeness (QED) is 0.821. The second-order valence-corrected chi connectivity index (χ2v) is 6.13. The third-order valence-electron chi connectivity index (χ3n) is 4.10. The maximum absolute atomic E-state index is 13.8. The zero-order valence-electron chi connectivity index (χ0n) is 13.2. The normalized spacial score (nSPS) is 14.5. The Morgan fingerprint density at radius 2 is 1.36 bits per heavy atom. The standard InChI is InChI=1S/C18H15ClF2N2O2/c19-13-4-1-3-12(11-13)17(24)22-7-9-23(10-8-22)18(25)16-14(20)5-2-6-15(16)21/h1-6,11H,7-10H2. The Kier molecular flexibility index (Phi) is 4.99. The Hall–Kier alpha value is -2.47. The number of benzene rings is 2. The molecule has 1 saturated heterocycles. The molecule has 1 aliphatic rings. The van der Waals surface area contributed by atoms with Crippen LogP contribution >= 0.6 is 11.6 Å². The maximum Gasteiger partial charge on any atom is 0.259 e. The van der Waals surface area contributed by atoms with Crippen LogP contribution in [0.15, 0.2) is 42.5 Å². The highest BCUT2D eigenvalue weighted by Gasteiger charge is 2.28. The van der Waals surface area contributed by atoms with Gasteiger partial charge in [0, 0.05) is 36.8 Å². The molecule has 2 aromatic rings. The minimum Gasteiger partial charge on any atom is -0.335 e. The fourth-order valence-electron chi connectivity index (χ4n) is 2.78. The minimum atomic E-state index is -0.887. The highest BCUT2D eigenvalue weighted by Crippen LogP contribution is 2.18. The van der Waals surface area contributed by atoms with Gasteiger partial charge in [0.15, 0.2) is 0 Å². The third-order valence-corrected chi connectivity index (χ3v) is 4.34. The summed E-state index contributed by atoms with van der Waals surface area (Å²) in [5, 5.41) is 0.467. The number of hydrogen-bond acceptors (Lipinski definition) is 2. The molecule has 0 atom stereocenters. The van der Waals surface area contributed by atoms with Crippen molar-refractivity contribution in [1.82, 2.24) is 9.80 Å². The smallest absolute Gasteiger partial charge is 0.259 e. The lowest BCUT2D eigenvalue weighted by molar-refractivity contribution is 0.0530. The van der Waals surface area contributed by atoms with Crippen LogP contribution in [0.4, 0.5) is 8.78 Å². The molecule has 25 heavy (non-hydrogen) atoms. The van der Waals surface area contributed by atoms with Gasteiger partial charge in [-0.1, -0.05) is 23.7 Å². The highest BCUT2D eigenvalue weighted by atomic mass is 35.5. The Morgan fingerprint density at radius 3 is 1.92 bits per heavy atom. The van der Waals surface area contributed by atoms with Crippen molar-refractivity contribution in [3.63, 3.8) is 0 Å². The molecule has 1 aliphatic heterocycles. The highest BCUT2D eigenvalue weighted by molar-refractivity contribution is 6.30. The predicted octanol–water partition coefficient (Wildman–Crippen LogP) is 3.22. The molecule has 2 amide bonds. The van der Waals surface area contributed by atoms with Crippen molar-refractivity contribution in [2.45, 2.75) is 0 Å². The first-order chi connectivity index (χ1) is 12.0. The van der Waals surface area contributed by atoms with Crippen LogP contribution < -0.4 is 0 Å². The van der Waals surface area contributed by atoms with E-state index in [2.05, 4.69) is 0 Å². The van der Waals surface area contributed by atoms with E-state index in [0.29, 0.717) is 10.6 Å². The van der Waals surface area contributed by atoms with Gasteiger partial charge >= 0.3 is 0 Å². The average molecular weight is 365 g/mol. The molecule has 1 fully saturated rings. The van der Waals surface area contributed by atoms with E-state index in [0.717, 1.165) is 12.1 Å². The second kappa shape index (κ2) is 7.19. The van der Waals surface area contributed by atoms with Gasteiger partial charge in [0.2, 0.25) is 0 Å². The van der Waals surface area contributed by atoms with Crippen LogP contribution in [0.1, 0.15) is 20.7 Å². The Balaban J connectivity index is 1.68. The molecule has 3 rings (SSSR count). The Bertz CT molecular complexity index is 800. The molecule has 7 heteroatoms. The summed E-state index contributed by atoms with van der Waals surface area (Å²) < 4.78 is 27.5. The molecule has 0 unspecified atom stereocenters. The molecule has 0 aromatic heterocycles. The molecule has 0 saturated carbocycles. The number of rotatable bonds is 2. The van der Waals surface area contributed by atoms with E-state index < -0.39 is 23.1 Å². The van der Waals surface area contributed by atoms with Crippen LogP contribution in [0.5, 0.6) is 0 Å². The molecule has 1 heterocycles. The van der Waals surface area contributed by atoms with Crippen LogP contribution in [0.3, 0.4) is 0 Å². The van der Waals surface area contributed by atoms with Crippen LogP contribution in [-0.2, 0) is 0 Å². The lowest BCUT2D eigenvalue weighted by atomic mass is 10.1. The van der Waals surface area contributed by atoms with E-state index in [1.807, 2.05) is 0 Å². The maximum atomic E-state index is 13.8. The lowest BCUT2D eigenvalue weighted by Crippen LogP contribution is -2.50. The molecular formula is C18H15ClF2N2O2. The number of hydrogen-bond donors (Lipinski definition) is 0. The first-order valence-corrected chi connectivity index (χ1v) is 8.13. The third kappa shape index (κ3) is 3.64. The van der Waals surface area contributed by atoms with Crippen LogP contribution in [-0.4, -0.2) is 47.8 Å². The fraction of sp³-hybridized carbons (Fsp3) is 0.222. The molecule has 0 bridgehead atoms. The van der Waals surface area contributed by atoms with Gasteiger partial charge < -0.3 is 9.80 Å². The van der Waals surface area contributed by atoms with Gasteiger partial charge in [-0.05, 0) is 30.3 Å². The topological polar surface area (TPSA) is 40.6 Å². The van der Waals surface area contributed by atoms with Gasteiger partial charge in [0.1, 0.15) is 17.2 Å². The van der Waals surface area contributed by atoms with Crippen molar-refractivity contribution in [1.29, 1.82) is 0 Å². The molecule has 0 radical (unpaired) electrons. The van der Waals surface area contributed by atoms with Crippen molar-refractivity contribution < 1.29 is 18.4 Å². The number of carbonyl (C=O) groups excluding carboxylic acids is 2. The van der Waals surface area contributed by atoms with Gasteiger partial charge in [-0.3, -0.25) is 9.59 Å². The van der Waals surface area contributed by atoms with E-state index in [9.17, 15) is 18.4 Å². The number of amides is 2. The molecule has 0 aliphatic carbocycles. The number of carbonyl (C=O) groups is 2. The van der Waals surface area contributed by atoms with E-state index in [-0.39, 0.29) is 32.1 Å². The summed E-state index contributed by atoms with van der Waals surface area (Å²) >= 11 is 5.90. The van der Waals surface area contributed by atoms with Crippen molar-refractivity contribution in [3.05, 3.63) is 70.2 Å². The van der Waals surface area contributed by atoms with Gasteiger partial charge in [0.25, 0.3) is 11.8 Å². The number of halogens is 3. The van der Waals surface area contributed by atoms with Crippen molar-refractivity contribution in [2.24, 2.45) is 0 Å². The monoisotopic (exact) mass is 364 g/mol. The molecule has 4 nitrogen and oxygen atoms in total. The predicted molar refractivity (Wildman–Crippen MR) is 89.6 cm³/mol. The fourth-order valence-corrected chi connectivity index (χ4v) is 2.97. The van der Waals surface area contributed by atoms with Crippen LogP contribution in [0.25, 0.3) is 0 Å². The lowest BCUT2D eigenvalue weighted by Gasteiger charge is -2.35. The van der Waals surface area contributed by atoms with E-state index >= 15 is 0 Å². The zero-order valence-corrected chi connectivity index (χ0v) is 14.0. The van der Waals surface area contributed by atoms with Crippen LogP contribution in [0.2, 0.25) is 5.02 Å². The largest absolute Gasteiger partial charge is 0.335 e. The Morgan fingerprint density at radius 1 is 0.840 bits per heavy atom. The number of piperazine rings is 1. The van der Waals surface area contributed by atoms with Crippen LogP contribution in [0, 0.1) is 11.6 Å². The summed E-state index contributed by atoms with van der Waals surface area (Å²) in [6.45, 7) is 0.984. The zero-order chi connectivity index (χ0) is 18.0. The molecular weight excluding hydrogens is 350 g/mol. The molecule has 130 valence electrons. The van der Waals surface area contributed by atoms with Gasteiger partial charge in [-0.25, -0.2) is 8.78 Å². The van der Waals surface area contributed by atoms with Crippen molar-refractivity contribution >= 4 is 23.4 Å². The average Bonchev–Trinajstić information content (AvgIpc) is 2.61. The first-order valence-electron chi connectivity index (χ1n) is 7.75. The summed E-state index contributed by atoms with van der Waals surface area (Å²) in [4.78, 5) is 27.7.